The molecule has 112 valence electrons. The quantitative estimate of drug-likeness (QED) is 0.755. The van der Waals surface area contributed by atoms with Crippen molar-refractivity contribution in [3.05, 3.63) is 69.7 Å². The minimum atomic E-state index is 0.0998. The second-order valence-electron chi connectivity index (χ2n) is 5.19. The second-order valence-corrected chi connectivity index (χ2v) is 6.07. The summed E-state index contributed by atoms with van der Waals surface area (Å²) in [6.07, 6.45) is 1.70. The van der Waals surface area contributed by atoms with Crippen LogP contribution < -0.4 is 11.1 Å². The average Bonchev–Trinajstić information content (AvgIpc) is 2.43. The third-order valence-electron chi connectivity index (χ3n) is 3.28. The van der Waals surface area contributed by atoms with Crippen LogP contribution in [0, 0.1) is 0 Å². The monoisotopic (exact) mass is 322 g/mol. The Balaban J connectivity index is 1.71. The van der Waals surface area contributed by atoms with Crippen molar-refractivity contribution in [3.8, 4) is 0 Å². The summed E-state index contributed by atoms with van der Waals surface area (Å²) in [5, 5.41) is 4.73. The molecule has 2 nitrogen and oxygen atoms in total. The molecule has 1 atom stereocenters. The van der Waals surface area contributed by atoms with Crippen LogP contribution in [0.25, 0.3) is 0 Å². The number of halogens is 2. The Bertz CT molecular complexity index is 538. The highest BCUT2D eigenvalue weighted by Crippen LogP contribution is 2.20. The number of rotatable bonds is 7. The molecule has 0 fully saturated rings. The molecule has 0 radical (unpaired) electrons. The van der Waals surface area contributed by atoms with E-state index in [2.05, 4.69) is 17.4 Å². The van der Waals surface area contributed by atoms with Crippen molar-refractivity contribution in [2.75, 3.05) is 6.54 Å². The van der Waals surface area contributed by atoms with Gasteiger partial charge in [-0.15, -0.1) is 0 Å². The van der Waals surface area contributed by atoms with Gasteiger partial charge in [0.05, 0.1) is 0 Å². The van der Waals surface area contributed by atoms with Gasteiger partial charge in [-0.3, -0.25) is 0 Å². The lowest BCUT2D eigenvalue weighted by molar-refractivity contribution is 0.558. The summed E-state index contributed by atoms with van der Waals surface area (Å²) in [5.41, 5.74) is 8.53. The lowest BCUT2D eigenvalue weighted by Crippen LogP contribution is -2.28. The zero-order valence-corrected chi connectivity index (χ0v) is 13.4. The van der Waals surface area contributed by atoms with Crippen molar-refractivity contribution in [1.82, 2.24) is 5.32 Å². The molecule has 4 heteroatoms. The number of nitrogens with one attached hydrogen (secondary N) is 1. The molecule has 0 bridgehead atoms. The van der Waals surface area contributed by atoms with Gasteiger partial charge in [0.1, 0.15) is 0 Å². The lowest BCUT2D eigenvalue weighted by Gasteiger charge is -2.13. The van der Waals surface area contributed by atoms with Gasteiger partial charge in [-0.05, 0) is 48.7 Å². The summed E-state index contributed by atoms with van der Waals surface area (Å²) >= 11 is 12.0. The van der Waals surface area contributed by atoms with Gasteiger partial charge >= 0.3 is 0 Å². The van der Waals surface area contributed by atoms with E-state index in [9.17, 15) is 0 Å². The first-order chi connectivity index (χ1) is 10.1. The van der Waals surface area contributed by atoms with Gasteiger partial charge in [-0.1, -0.05) is 53.5 Å². The van der Waals surface area contributed by atoms with Crippen LogP contribution >= 0.6 is 23.2 Å². The minimum absolute atomic E-state index is 0.0998. The molecule has 2 aromatic rings. The normalized spacial score (nSPS) is 12.3. The molecular formula is C17H20Cl2N2. The highest BCUT2D eigenvalue weighted by molar-refractivity contribution is 6.34. The molecule has 0 saturated carbocycles. The van der Waals surface area contributed by atoms with Gasteiger partial charge < -0.3 is 11.1 Å². The Labute approximate surface area is 136 Å². The number of hydrogen-bond donors (Lipinski definition) is 2. The summed E-state index contributed by atoms with van der Waals surface area (Å²) in [6.45, 7) is 1.76. The molecule has 0 spiro atoms. The third-order valence-corrected chi connectivity index (χ3v) is 3.72. The van der Waals surface area contributed by atoms with E-state index in [0.717, 1.165) is 31.5 Å². The maximum absolute atomic E-state index is 6.16. The molecule has 0 aliphatic carbocycles. The average molecular weight is 323 g/mol. The van der Waals surface area contributed by atoms with Crippen molar-refractivity contribution in [3.63, 3.8) is 0 Å². The predicted molar refractivity (Wildman–Crippen MR) is 90.9 cm³/mol. The Morgan fingerprint density at radius 1 is 0.952 bits per heavy atom. The second kappa shape index (κ2) is 8.40. The largest absolute Gasteiger partial charge is 0.327 e. The highest BCUT2D eigenvalue weighted by Gasteiger charge is 2.06. The minimum Gasteiger partial charge on any atom is -0.327 e. The molecule has 0 heterocycles. The molecule has 0 saturated heterocycles. The van der Waals surface area contributed by atoms with Crippen LogP contribution in [-0.4, -0.2) is 12.6 Å². The predicted octanol–water partition coefficient (Wildman–Crippen LogP) is 4.04. The van der Waals surface area contributed by atoms with E-state index in [4.69, 9.17) is 28.9 Å². The van der Waals surface area contributed by atoms with E-state index >= 15 is 0 Å². The smallest absolute Gasteiger partial charge is 0.0423 e. The van der Waals surface area contributed by atoms with Gasteiger partial charge in [-0.2, -0.15) is 0 Å². The van der Waals surface area contributed by atoms with Crippen LogP contribution in [0.4, 0.5) is 0 Å². The first-order valence-electron chi connectivity index (χ1n) is 7.08. The Morgan fingerprint density at radius 3 is 2.29 bits per heavy atom. The third kappa shape index (κ3) is 6.06. The molecule has 0 aliphatic heterocycles. The molecule has 0 amide bonds. The molecule has 0 unspecified atom stereocenters. The summed E-state index contributed by atoms with van der Waals surface area (Å²) in [5.74, 6) is 0. The Morgan fingerprint density at radius 2 is 1.62 bits per heavy atom. The van der Waals surface area contributed by atoms with E-state index in [1.807, 2.05) is 30.3 Å². The Kier molecular flexibility index (Phi) is 6.52. The maximum atomic E-state index is 6.16. The van der Waals surface area contributed by atoms with Crippen LogP contribution in [0.1, 0.15) is 17.5 Å². The van der Waals surface area contributed by atoms with Gasteiger partial charge in [0.2, 0.25) is 0 Å². The van der Waals surface area contributed by atoms with Crippen molar-refractivity contribution in [2.45, 2.75) is 25.4 Å². The molecule has 3 N–H and O–H groups in total. The topological polar surface area (TPSA) is 38.0 Å². The molecule has 2 aromatic carbocycles. The van der Waals surface area contributed by atoms with E-state index in [-0.39, 0.29) is 6.04 Å². The maximum Gasteiger partial charge on any atom is 0.0423 e. The van der Waals surface area contributed by atoms with Crippen molar-refractivity contribution in [1.29, 1.82) is 0 Å². The summed E-state index contributed by atoms with van der Waals surface area (Å²) in [6, 6.07) is 16.0. The SMILES string of the molecule is N[C@H](CCNCc1ccccc1)Cc1cc(Cl)cc(Cl)c1. The summed E-state index contributed by atoms with van der Waals surface area (Å²) < 4.78 is 0. The van der Waals surface area contributed by atoms with E-state index in [0.29, 0.717) is 10.0 Å². The number of benzene rings is 2. The van der Waals surface area contributed by atoms with E-state index in [1.54, 1.807) is 6.07 Å². The van der Waals surface area contributed by atoms with Crippen LogP contribution in [0.3, 0.4) is 0 Å². The summed E-state index contributed by atoms with van der Waals surface area (Å²) in [7, 11) is 0. The fraction of sp³-hybridized carbons (Fsp3) is 0.294. The van der Waals surface area contributed by atoms with E-state index < -0.39 is 0 Å². The van der Waals surface area contributed by atoms with Gasteiger partial charge in [-0.25, -0.2) is 0 Å². The van der Waals surface area contributed by atoms with Crippen molar-refractivity contribution >= 4 is 23.2 Å². The van der Waals surface area contributed by atoms with Crippen LogP contribution in [0.5, 0.6) is 0 Å². The highest BCUT2D eigenvalue weighted by atomic mass is 35.5. The molecular weight excluding hydrogens is 303 g/mol. The standard InChI is InChI=1S/C17H20Cl2N2/c18-15-8-14(9-16(19)11-15)10-17(20)6-7-21-12-13-4-2-1-3-5-13/h1-5,8-9,11,17,21H,6-7,10,12,20H2/t17-/m1/s1. The zero-order chi connectivity index (χ0) is 15.1. The van der Waals surface area contributed by atoms with Gasteiger partial charge in [0.15, 0.2) is 0 Å². The van der Waals surface area contributed by atoms with Crippen LogP contribution in [-0.2, 0) is 13.0 Å². The molecule has 0 aliphatic rings. The molecule has 2 rings (SSSR count). The Hall–Kier alpha value is -1.06. The fourth-order valence-electron chi connectivity index (χ4n) is 2.25. The van der Waals surface area contributed by atoms with Crippen LogP contribution in [0.15, 0.2) is 48.5 Å². The first-order valence-corrected chi connectivity index (χ1v) is 7.84. The van der Waals surface area contributed by atoms with Crippen molar-refractivity contribution < 1.29 is 0 Å². The number of hydrogen-bond acceptors (Lipinski definition) is 2. The summed E-state index contributed by atoms with van der Waals surface area (Å²) in [4.78, 5) is 0. The molecule has 0 aromatic heterocycles. The van der Waals surface area contributed by atoms with Gasteiger partial charge in [0, 0.05) is 22.6 Å². The van der Waals surface area contributed by atoms with E-state index in [1.165, 1.54) is 5.56 Å². The number of nitrogens with two attached hydrogens (primary N) is 1. The first kappa shape index (κ1) is 16.3. The lowest BCUT2D eigenvalue weighted by atomic mass is 10.0. The molecule has 21 heavy (non-hydrogen) atoms. The van der Waals surface area contributed by atoms with Crippen molar-refractivity contribution in [2.24, 2.45) is 5.73 Å². The van der Waals surface area contributed by atoms with Crippen LogP contribution in [0.2, 0.25) is 10.0 Å². The zero-order valence-electron chi connectivity index (χ0n) is 11.9. The fourth-order valence-corrected chi connectivity index (χ4v) is 2.82. The van der Waals surface area contributed by atoms with Gasteiger partial charge in [0.25, 0.3) is 0 Å².